The lowest BCUT2D eigenvalue weighted by atomic mass is 9.93. The summed E-state index contributed by atoms with van der Waals surface area (Å²) in [5.74, 6) is 0.655. The van der Waals surface area contributed by atoms with Gasteiger partial charge in [0.05, 0.1) is 0 Å². The number of likely N-dealkylation sites (tertiary alicyclic amines) is 1. The Morgan fingerprint density at radius 1 is 1.07 bits per heavy atom. The number of nitrogens with zero attached hydrogens (tertiary/aromatic N) is 4. The molecule has 2 aliphatic rings. The standard InChI is InChI=1S/C23H25N5O/c1-3-16-8-10-17(11-9-16)20-22(29)24-21-18-6-4-5-7-19(18)25-23(28(21)26-20)12-14-27(2)15-13-23/h4-11,25H,3,12-15H2,1-2H3. The van der Waals surface area contributed by atoms with Gasteiger partial charge in [-0.3, -0.25) is 4.79 Å². The SMILES string of the molecule is CCc1ccc(-c2nn3c(nc2=O)-c2ccccc2NC32CCN(C)CC2)cc1. The van der Waals surface area contributed by atoms with Gasteiger partial charge in [0.2, 0.25) is 0 Å². The number of benzene rings is 2. The van der Waals surface area contributed by atoms with Crippen molar-refractivity contribution in [1.82, 2.24) is 19.7 Å². The molecule has 1 fully saturated rings. The van der Waals surface area contributed by atoms with E-state index >= 15 is 0 Å². The summed E-state index contributed by atoms with van der Waals surface area (Å²) in [5.41, 5.74) is 3.77. The van der Waals surface area contributed by atoms with Crippen molar-refractivity contribution in [2.24, 2.45) is 0 Å². The summed E-state index contributed by atoms with van der Waals surface area (Å²) in [6, 6.07) is 16.1. The Morgan fingerprint density at radius 2 is 1.79 bits per heavy atom. The molecule has 1 aromatic heterocycles. The van der Waals surface area contributed by atoms with Crippen LogP contribution in [0.3, 0.4) is 0 Å². The first-order valence-corrected chi connectivity index (χ1v) is 10.3. The first-order valence-electron chi connectivity index (χ1n) is 10.3. The third kappa shape index (κ3) is 2.95. The molecule has 2 aliphatic heterocycles. The fraction of sp³-hybridized carbons (Fsp3) is 0.348. The molecule has 0 aliphatic carbocycles. The highest BCUT2D eigenvalue weighted by atomic mass is 16.1. The second-order valence-corrected chi connectivity index (χ2v) is 8.06. The van der Waals surface area contributed by atoms with Gasteiger partial charge in [0.25, 0.3) is 5.56 Å². The predicted octanol–water partition coefficient (Wildman–Crippen LogP) is 3.34. The Bertz CT molecular complexity index is 1110. The molecule has 0 saturated carbocycles. The van der Waals surface area contributed by atoms with E-state index in [0.29, 0.717) is 11.5 Å². The van der Waals surface area contributed by atoms with E-state index in [1.807, 2.05) is 35.0 Å². The van der Waals surface area contributed by atoms with Crippen molar-refractivity contribution >= 4 is 5.69 Å². The number of piperidine rings is 1. The van der Waals surface area contributed by atoms with Crippen molar-refractivity contribution in [1.29, 1.82) is 0 Å². The largest absolute Gasteiger partial charge is 0.360 e. The summed E-state index contributed by atoms with van der Waals surface area (Å²) >= 11 is 0. The average Bonchev–Trinajstić information content (AvgIpc) is 2.76. The minimum atomic E-state index is -0.366. The van der Waals surface area contributed by atoms with Crippen LogP contribution in [0.5, 0.6) is 0 Å². The molecule has 3 heterocycles. The lowest BCUT2D eigenvalue weighted by Gasteiger charge is -2.46. The minimum Gasteiger partial charge on any atom is -0.360 e. The Kier molecular flexibility index (Phi) is 4.24. The van der Waals surface area contributed by atoms with Gasteiger partial charge in [-0.25, -0.2) is 4.68 Å². The molecular weight excluding hydrogens is 362 g/mol. The summed E-state index contributed by atoms with van der Waals surface area (Å²) in [6.07, 6.45) is 2.76. The van der Waals surface area contributed by atoms with E-state index in [1.165, 1.54) is 5.56 Å². The molecule has 0 radical (unpaired) electrons. The first-order chi connectivity index (χ1) is 14.1. The summed E-state index contributed by atoms with van der Waals surface area (Å²) in [7, 11) is 2.14. The van der Waals surface area contributed by atoms with Crippen molar-refractivity contribution in [3.05, 3.63) is 64.4 Å². The Hall–Kier alpha value is -2.99. The van der Waals surface area contributed by atoms with E-state index in [4.69, 9.17) is 5.10 Å². The molecule has 0 unspecified atom stereocenters. The lowest BCUT2D eigenvalue weighted by molar-refractivity contribution is 0.137. The Balaban J connectivity index is 1.71. The van der Waals surface area contributed by atoms with E-state index in [9.17, 15) is 4.79 Å². The zero-order valence-electron chi connectivity index (χ0n) is 16.9. The molecule has 1 spiro atoms. The fourth-order valence-corrected chi connectivity index (χ4v) is 4.35. The van der Waals surface area contributed by atoms with Crippen molar-refractivity contribution in [2.45, 2.75) is 31.8 Å². The van der Waals surface area contributed by atoms with Crippen molar-refractivity contribution in [3.63, 3.8) is 0 Å². The van der Waals surface area contributed by atoms with Gasteiger partial charge in [0.15, 0.2) is 11.5 Å². The molecule has 6 heteroatoms. The Morgan fingerprint density at radius 3 is 2.52 bits per heavy atom. The summed E-state index contributed by atoms with van der Waals surface area (Å²) in [5, 5.41) is 8.64. The number of aryl methyl sites for hydroxylation is 1. The third-order valence-electron chi connectivity index (χ3n) is 6.20. The van der Waals surface area contributed by atoms with E-state index in [0.717, 1.165) is 49.2 Å². The number of hydrogen-bond acceptors (Lipinski definition) is 5. The van der Waals surface area contributed by atoms with Crippen LogP contribution >= 0.6 is 0 Å². The molecule has 2 aromatic carbocycles. The number of fused-ring (bicyclic) bond motifs is 4. The van der Waals surface area contributed by atoms with Crippen LogP contribution in [0.2, 0.25) is 0 Å². The molecule has 0 amide bonds. The highest BCUT2D eigenvalue weighted by Gasteiger charge is 2.42. The normalized spacial score (nSPS) is 17.4. The highest BCUT2D eigenvalue weighted by Crippen LogP contribution is 2.41. The number of hydrogen-bond donors (Lipinski definition) is 1. The maximum atomic E-state index is 13.0. The van der Waals surface area contributed by atoms with Gasteiger partial charge in [-0.2, -0.15) is 10.1 Å². The molecule has 1 saturated heterocycles. The number of aromatic nitrogens is 3. The molecule has 1 N–H and O–H groups in total. The molecule has 0 atom stereocenters. The smallest absolute Gasteiger partial charge is 0.300 e. The maximum absolute atomic E-state index is 13.0. The van der Waals surface area contributed by atoms with Gasteiger partial charge in [-0.1, -0.05) is 43.3 Å². The summed E-state index contributed by atoms with van der Waals surface area (Å²) in [6.45, 7) is 4.04. The van der Waals surface area contributed by atoms with Gasteiger partial charge in [0, 0.05) is 42.7 Å². The monoisotopic (exact) mass is 387 g/mol. The van der Waals surface area contributed by atoms with Crippen molar-refractivity contribution < 1.29 is 0 Å². The zero-order chi connectivity index (χ0) is 20.0. The van der Waals surface area contributed by atoms with Crippen LogP contribution in [0, 0.1) is 0 Å². The van der Waals surface area contributed by atoms with Gasteiger partial charge in [0.1, 0.15) is 5.66 Å². The van der Waals surface area contributed by atoms with Crippen LogP contribution in [0.15, 0.2) is 53.3 Å². The van der Waals surface area contributed by atoms with Crippen LogP contribution < -0.4 is 10.9 Å². The van der Waals surface area contributed by atoms with Crippen LogP contribution in [-0.4, -0.2) is 39.8 Å². The number of anilines is 1. The van der Waals surface area contributed by atoms with E-state index in [1.54, 1.807) is 0 Å². The molecule has 5 rings (SSSR count). The van der Waals surface area contributed by atoms with E-state index in [2.05, 4.69) is 47.4 Å². The zero-order valence-corrected chi connectivity index (χ0v) is 16.9. The average molecular weight is 387 g/mol. The molecular formula is C23H25N5O. The van der Waals surface area contributed by atoms with Gasteiger partial charge >= 0.3 is 0 Å². The van der Waals surface area contributed by atoms with Gasteiger partial charge in [-0.15, -0.1) is 0 Å². The highest BCUT2D eigenvalue weighted by molar-refractivity contribution is 5.76. The van der Waals surface area contributed by atoms with Gasteiger partial charge < -0.3 is 10.2 Å². The third-order valence-corrected chi connectivity index (χ3v) is 6.20. The molecule has 148 valence electrons. The van der Waals surface area contributed by atoms with Crippen LogP contribution in [0.25, 0.3) is 22.6 Å². The quantitative estimate of drug-likeness (QED) is 0.731. The first kappa shape index (κ1) is 18.1. The van der Waals surface area contributed by atoms with Crippen LogP contribution in [0.1, 0.15) is 25.3 Å². The molecule has 29 heavy (non-hydrogen) atoms. The predicted molar refractivity (Wildman–Crippen MR) is 115 cm³/mol. The van der Waals surface area contributed by atoms with Gasteiger partial charge in [-0.05, 0) is 31.2 Å². The molecule has 3 aromatic rings. The second kappa shape index (κ2) is 6.81. The Labute approximate surface area is 170 Å². The maximum Gasteiger partial charge on any atom is 0.300 e. The van der Waals surface area contributed by atoms with Crippen molar-refractivity contribution in [3.8, 4) is 22.6 Å². The number of nitrogens with one attached hydrogen (secondary N) is 1. The summed E-state index contributed by atoms with van der Waals surface area (Å²) in [4.78, 5) is 19.8. The molecule has 0 bridgehead atoms. The van der Waals surface area contributed by atoms with Crippen LogP contribution in [-0.2, 0) is 12.1 Å². The van der Waals surface area contributed by atoms with E-state index in [-0.39, 0.29) is 11.2 Å². The molecule has 6 nitrogen and oxygen atoms in total. The van der Waals surface area contributed by atoms with Crippen molar-refractivity contribution in [2.75, 3.05) is 25.5 Å². The topological polar surface area (TPSA) is 63.1 Å². The fourth-order valence-electron chi connectivity index (χ4n) is 4.35. The minimum absolute atomic E-state index is 0.278. The number of para-hydroxylation sites is 1. The lowest BCUT2D eigenvalue weighted by Crippen LogP contribution is -2.53. The number of rotatable bonds is 2. The van der Waals surface area contributed by atoms with Crippen LogP contribution in [0.4, 0.5) is 5.69 Å². The summed E-state index contributed by atoms with van der Waals surface area (Å²) < 4.78 is 1.98. The van der Waals surface area contributed by atoms with E-state index < -0.39 is 0 Å². The second-order valence-electron chi connectivity index (χ2n) is 8.06.